The maximum atomic E-state index is 14.3. The van der Waals surface area contributed by atoms with Crippen LogP contribution in [0.15, 0.2) is 73.1 Å². The van der Waals surface area contributed by atoms with Crippen molar-refractivity contribution < 1.29 is 14.4 Å². The topological polar surface area (TPSA) is 82.6 Å². The molecule has 7 nitrogen and oxygen atoms in total. The normalized spacial score (nSPS) is 15.7. The van der Waals surface area contributed by atoms with Crippen molar-refractivity contribution in [3.8, 4) is 0 Å². The second-order valence-corrected chi connectivity index (χ2v) is 11.2. The van der Waals surface area contributed by atoms with E-state index in [0.29, 0.717) is 30.8 Å². The summed E-state index contributed by atoms with van der Waals surface area (Å²) in [6, 6.07) is 19.2. The molecule has 39 heavy (non-hydrogen) atoms. The molecule has 1 aromatic heterocycles. The summed E-state index contributed by atoms with van der Waals surface area (Å²) in [5.74, 6) is -0.590. The van der Waals surface area contributed by atoms with E-state index in [1.165, 1.54) is 0 Å². The third kappa shape index (κ3) is 5.44. The Labute approximate surface area is 231 Å². The van der Waals surface area contributed by atoms with E-state index in [1.54, 1.807) is 32.0 Å². The smallest absolute Gasteiger partial charge is 0.241 e. The molecule has 2 heterocycles. The monoisotopic (exact) mass is 526 g/mol. The molecule has 1 N–H and O–H groups in total. The quantitative estimate of drug-likeness (QED) is 0.392. The lowest BCUT2D eigenvalue weighted by molar-refractivity contribution is -0.139. The highest BCUT2D eigenvalue weighted by Gasteiger charge is 2.42. The molecule has 3 amide bonds. The zero-order valence-electron chi connectivity index (χ0n) is 23.7. The van der Waals surface area contributed by atoms with Gasteiger partial charge in [-0.3, -0.25) is 19.4 Å². The molecule has 7 heteroatoms. The molecule has 0 aliphatic carbocycles. The van der Waals surface area contributed by atoms with Crippen LogP contribution in [-0.2, 0) is 26.2 Å². The Morgan fingerprint density at radius 1 is 1.08 bits per heavy atom. The van der Waals surface area contributed by atoms with E-state index in [1.807, 2.05) is 85.6 Å². The van der Waals surface area contributed by atoms with E-state index in [4.69, 9.17) is 0 Å². The van der Waals surface area contributed by atoms with Crippen LogP contribution in [0.25, 0.3) is 0 Å². The molecule has 0 fully saturated rings. The van der Waals surface area contributed by atoms with Crippen LogP contribution in [0.2, 0.25) is 0 Å². The standard InChI is InChI=1S/C32H38N4O3/c1-7-26(23-15-16-25-27(20-23)35(6)29(38)32(4,5)28(37)34-25)36(19-17-22-12-11-18-33-21-22)30(39)31(2,3)24-13-9-8-10-14-24/h8-16,18,20-21,26H,7,17,19H2,1-6H3,(H,34,37). The van der Waals surface area contributed by atoms with E-state index in [2.05, 4.69) is 17.2 Å². The summed E-state index contributed by atoms with van der Waals surface area (Å²) in [6.07, 6.45) is 4.92. The summed E-state index contributed by atoms with van der Waals surface area (Å²) in [5, 5.41) is 2.91. The van der Waals surface area contributed by atoms with E-state index < -0.39 is 10.8 Å². The number of hydrogen-bond donors (Lipinski definition) is 1. The van der Waals surface area contributed by atoms with Gasteiger partial charge in [-0.15, -0.1) is 0 Å². The molecule has 204 valence electrons. The van der Waals surface area contributed by atoms with Crippen molar-refractivity contribution in [2.24, 2.45) is 5.41 Å². The zero-order chi connectivity index (χ0) is 28.4. The number of amides is 3. The SMILES string of the molecule is CCC(c1ccc2c(c1)N(C)C(=O)C(C)(C)C(=O)N2)N(CCc1cccnc1)C(=O)C(C)(C)c1ccccc1. The molecule has 1 atom stereocenters. The van der Waals surface area contributed by atoms with E-state index in [9.17, 15) is 14.4 Å². The lowest BCUT2D eigenvalue weighted by Gasteiger charge is -2.38. The minimum Gasteiger partial charge on any atom is -0.335 e. The minimum absolute atomic E-state index is 0.0262. The molecule has 2 aromatic carbocycles. The number of hydrogen-bond acceptors (Lipinski definition) is 4. The van der Waals surface area contributed by atoms with Gasteiger partial charge in [0.25, 0.3) is 0 Å². The molecule has 1 aliphatic heterocycles. The van der Waals surface area contributed by atoms with Crippen molar-refractivity contribution >= 4 is 29.1 Å². The first-order valence-electron chi connectivity index (χ1n) is 13.5. The van der Waals surface area contributed by atoms with Crippen molar-refractivity contribution in [3.05, 3.63) is 89.7 Å². The summed E-state index contributed by atoms with van der Waals surface area (Å²) in [7, 11) is 1.69. The van der Waals surface area contributed by atoms with E-state index in [0.717, 1.165) is 16.7 Å². The van der Waals surface area contributed by atoms with Gasteiger partial charge in [-0.2, -0.15) is 0 Å². The highest BCUT2D eigenvalue weighted by atomic mass is 16.2. The van der Waals surface area contributed by atoms with Gasteiger partial charge < -0.3 is 15.1 Å². The van der Waals surface area contributed by atoms with Crippen LogP contribution in [0.5, 0.6) is 0 Å². The van der Waals surface area contributed by atoms with Crippen molar-refractivity contribution in [2.45, 2.75) is 58.9 Å². The molecule has 0 spiro atoms. The van der Waals surface area contributed by atoms with Crippen LogP contribution in [0, 0.1) is 5.41 Å². The van der Waals surface area contributed by atoms with Gasteiger partial charge in [0, 0.05) is 26.0 Å². The van der Waals surface area contributed by atoms with Crippen LogP contribution in [0.4, 0.5) is 11.4 Å². The highest BCUT2D eigenvalue weighted by Crippen LogP contribution is 2.39. The van der Waals surface area contributed by atoms with E-state index in [-0.39, 0.29) is 23.8 Å². The molecule has 3 aromatic rings. The van der Waals surface area contributed by atoms with Gasteiger partial charge in [-0.1, -0.05) is 49.4 Å². The van der Waals surface area contributed by atoms with Gasteiger partial charge >= 0.3 is 0 Å². The predicted octanol–water partition coefficient (Wildman–Crippen LogP) is 5.52. The van der Waals surface area contributed by atoms with Crippen LogP contribution >= 0.6 is 0 Å². The van der Waals surface area contributed by atoms with Crippen LogP contribution in [-0.4, -0.2) is 41.2 Å². The number of anilines is 2. The molecular formula is C32H38N4O3. The largest absolute Gasteiger partial charge is 0.335 e. The molecule has 4 rings (SSSR count). The lowest BCUT2D eigenvalue weighted by atomic mass is 9.82. The summed E-state index contributed by atoms with van der Waals surface area (Å²) >= 11 is 0. The number of aromatic nitrogens is 1. The van der Waals surface area contributed by atoms with Gasteiger partial charge in [0.15, 0.2) is 0 Å². The Morgan fingerprint density at radius 2 is 1.79 bits per heavy atom. The Morgan fingerprint density at radius 3 is 2.44 bits per heavy atom. The third-order valence-corrected chi connectivity index (χ3v) is 7.84. The molecular weight excluding hydrogens is 488 g/mol. The maximum Gasteiger partial charge on any atom is 0.241 e. The van der Waals surface area contributed by atoms with Gasteiger partial charge in [0.2, 0.25) is 17.7 Å². The average Bonchev–Trinajstić information content (AvgIpc) is 3.00. The molecule has 1 aliphatic rings. The summed E-state index contributed by atoms with van der Waals surface area (Å²) in [5.41, 5.74) is 2.18. The lowest BCUT2D eigenvalue weighted by Crippen LogP contribution is -2.46. The van der Waals surface area contributed by atoms with Gasteiger partial charge in [-0.05, 0) is 75.4 Å². The summed E-state index contributed by atoms with van der Waals surface area (Å²) in [4.78, 5) is 48.0. The van der Waals surface area contributed by atoms with Crippen LogP contribution in [0.3, 0.4) is 0 Å². The fourth-order valence-corrected chi connectivity index (χ4v) is 5.21. The molecule has 0 saturated carbocycles. The van der Waals surface area contributed by atoms with Gasteiger partial charge in [-0.25, -0.2) is 0 Å². The number of nitrogens with one attached hydrogen (secondary N) is 1. The summed E-state index contributed by atoms with van der Waals surface area (Å²) in [6.45, 7) is 9.77. The fourth-order valence-electron chi connectivity index (χ4n) is 5.21. The van der Waals surface area contributed by atoms with Crippen molar-refractivity contribution in [2.75, 3.05) is 23.8 Å². The Hall–Kier alpha value is -4.00. The van der Waals surface area contributed by atoms with Crippen molar-refractivity contribution in [3.63, 3.8) is 0 Å². The number of carbonyl (C=O) groups is 3. The first-order valence-corrected chi connectivity index (χ1v) is 13.5. The van der Waals surface area contributed by atoms with Gasteiger partial charge in [0.05, 0.1) is 22.8 Å². The Balaban J connectivity index is 1.75. The second kappa shape index (κ2) is 11.0. The minimum atomic E-state index is -1.19. The average molecular weight is 527 g/mol. The molecule has 0 saturated heterocycles. The first kappa shape index (κ1) is 28.0. The van der Waals surface area contributed by atoms with Crippen molar-refractivity contribution in [1.82, 2.24) is 9.88 Å². The second-order valence-electron chi connectivity index (χ2n) is 11.2. The number of fused-ring (bicyclic) bond motifs is 1. The third-order valence-electron chi connectivity index (χ3n) is 7.84. The first-order chi connectivity index (χ1) is 18.5. The Kier molecular flexibility index (Phi) is 7.91. The van der Waals surface area contributed by atoms with Crippen LogP contribution < -0.4 is 10.2 Å². The number of nitrogens with zero attached hydrogens (tertiary/aromatic N) is 3. The predicted molar refractivity (Wildman–Crippen MR) is 154 cm³/mol. The summed E-state index contributed by atoms with van der Waals surface area (Å²) < 4.78 is 0. The molecule has 1 unspecified atom stereocenters. The number of pyridine rings is 1. The number of benzene rings is 2. The molecule has 0 radical (unpaired) electrons. The van der Waals surface area contributed by atoms with Gasteiger partial charge in [0.1, 0.15) is 5.41 Å². The molecule has 0 bridgehead atoms. The fraction of sp³-hybridized carbons (Fsp3) is 0.375. The Bertz CT molecular complexity index is 1350. The number of rotatable bonds is 8. The van der Waals surface area contributed by atoms with Crippen molar-refractivity contribution in [1.29, 1.82) is 0 Å². The van der Waals surface area contributed by atoms with E-state index >= 15 is 0 Å². The number of carbonyl (C=O) groups excluding carboxylic acids is 3. The zero-order valence-corrected chi connectivity index (χ0v) is 23.7. The highest BCUT2D eigenvalue weighted by molar-refractivity contribution is 6.19. The van der Waals surface area contributed by atoms with Crippen LogP contribution in [0.1, 0.15) is 63.8 Å². The maximum absolute atomic E-state index is 14.3.